The van der Waals surface area contributed by atoms with Gasteiger partial charge < -0.3 is 15.5 Å². The minimum atomic E-state index is 0. The zero-order chi connectivity index (χ0) is 18.8. The van der Waals surface area contributed by atoms with Crippen molar-refractivity contribution in [3.63, 3.8) is 0 Å². The number of hydrogen-bond acceptors (Lipinski definition) is 3. The molecule has 1 fully saturated rings. The van der Waals surface area contributed by atoms with Crippen LogP contribution < -0.4 is 10.6 Å². The zero-order valence-corrected chi connectivity index (χ0v) is 20.0. The molecule has 154 valence electrons. The van der Waals surface area contributed by atoms with E-state index in [2.05, 4.69) is 47.3 Å². The maximum atomic E-state index is 6.23. The van der Waals surface area contributed by atoms with Crippen molar-refractivity contribution in [3.05, 3.63) is 34.9 Å². The normalized spacial score (nSPS) is 17.3. The second kappa shape index (κ2) is 13.6. The van der Waals surface area contributed by atoms with Crippen LogP contribution in [0.4, 0.5) is 0 Å². The molecule has 2 N–H and O–H groups in total. The van der Waals surface area contributed by atoms with E-state index in [1.54, 1.807) is 0 Å². The molecule has 7 heteroatoms. The average Bonchev–Trinajstić information content (AvgIpc) is 2.67. The summed E-state index contributed by atoms with van der Waals surface area (Å²) in [5.74, 6) is 0.888. The quantitative estimate of drug-likeness (QED) is 0.322. The van der Waals surface area contributed by atoms with Gasteiger partial charge in [0.15, 0.2) is 5.96 Å². The van der Waals surface area contributed by atoms with Gasteiger partial charge in [0.05, 0.1) is 6.54 Å². The molecule has 1 heterocycles. The maximum absolute atomic E-state index is 6.23. The summed E-state index contributed by atoms with van der Waals surface area (Å²) in [7, 11) is 0. The Balaban J connectivity index is 0.00000364. The van der Waals surface area contributed by atoms with Gasteiger partial charge >= 0.3 is 0 Å². The van der Waals surface area contributed by atoms with Crippen LogP contribution in [0.5, 0.6) is 0 Å². The molecule has 1 atom stereocenters. The monoisotopic (exact) mass is 507 g/mol. The van der Waals surface area contributed by atoms with Crippen molar-refractivity contribution in [2.45, 2.75) is 33.2 Å². The Bertz CT molecular complexity index is 561. The predicted molar refractivity (Wildman–Crippen MR) is 128 cm³/mol. The van der Waals surface area contributed by atoms with Crippen molar-refractivity contribution in [1.82, 2.24) is 20.4 Å². The maximum Gasteiger partial charge on any atom is 0.191 e. The lowest BCUT2D eigenvalue weighted by Crippen LogP contribution is -2.50. The number of guanidine groups is 1. The van der Waals surface area contributed by atoms with E-state index in [1.807, 2.05) is 18.2 Å². The van der Waals surface area contributed by atoms with Gasteiger partial charge in [0, 0.05) is 50.3 Å². The van der Waals surface area contributed by atoms with E-state index in [-0.39, 0.29) is 24.0 Å². The van der Waals surface area contributed by atoms with Gasteiger partial charge in [-0.25, -0.2) is 0 Å². The number of rotatable bonds is 8. The van der Waals surface area contributed by atoms with E-state index in [0.29, 0.717) is 6.04 Å². The van der Waals surface area contributed by atoms with Gasteiger partial charge in [-0.15, -0.1) is 24.0 Å². The fourth-order valence-corrected chi connectivity index (χ4v) is 3.45. The zero-order valence-electron chi connectivity index (χ0n) is 16.9. The first-order valence-electron chi connectivity index (χ1n) is 9.86. The summed E-state index contributed by atoms with van der Waals surface area (Å²) in [5, 5.41) is 7.59. The van der Waals surface area contributed by atoms with Crippen molar-refractivity contribution in [2.75, 3.05) is 52.4 Å². The first-order valence-corrected chi connectivity index (χ1v) is 10.2. The van der Waals surface area contributed by atoms with Crippen molar-refractivity contribution in [2.24, 2.45) is 4.99 Å². The lowest BCUT2D eigenvalue weighted by molar-refractivity contribution is 0.109. The van der Waals surface area contributed by atoms with E-state index in [0.717, 1.165) is 56.7 Å². The molecule has 0 amide bonds. The molecule has 5 nitrogen and oxygen atoms in total. The molecule has 1 aromatic carbocycles. The summed E-state index contributed by atoms with van der Waals surface area (Å²) in [6.07, 6.45) is 0.888. The lowest BCUT2D eigenvalue weighted by atomic mass is 10.1. The van der Waals surface area contributed by atoms with Crippen LogP contribution in [0, 0.1) is 0 Å². The third-order valence-electron chi connectivity index (χ3n) is 4.98. The number of nitrogens with zero attached hydrogens (tertiary/aromatic N) is 3. The molecule has 1 saturated heterocycles. The largest absolute Gasteiger partial charge is 0.357 e. The lowest BCUT2D eigenvalue weighted by Gasteiger charge is -2.37. The number of likely N-dealkylation sites (N-methyl/N-ethyl adjacent to an activating group) is 1. The highest BCUT2D eigenvalue weighted by molar-refractivity contribution is 14.0. The average molecular weight is 508 g/mol. The second-order valence-corrected chi connectivity index (χ2v) is 7.21. The molecule has 0 spiro atoms. The number of benzene rings is 1. The van der Waals surface area contributed by atoms with Gasteiger partial charge in [0.2, 0.25) is 0 Å². The molecule has 0 bridgehead atoms. The first-order chi connectivity index (χ1) is 12.6. The Morgan fingerprint density at radius 1 is 1.15 bits per heavy atom. The number of aliphatic imine (C=N–C) groups is 1. The number of hydrogen-bond donors (Lipinski definition) is 2. The molecule has 1 unspecified atom stereocenters. The van der Waals surface area contributed by atoms with Gasteiger partial charge in [-0.2, -0.15) is 0 Å². The van der Waals surface area contributed by atoms with Crippen molar-refractivity contribution < 1.29 is 0 Å². The van der Waals surface area contributed by atoms with Crippen molar-refractivity contribution in [1.29, 1.82) is 0 Å². The fourth-order valence-electron chi connectivity index (χ4n) is 3.22. The van der Waals surface area contributed by atoms with Gasteiger partial charge in [-0.3, -0.25) is 9.89 Å². The van der Waals surface area contributed by atoms with Crippen molar-refractivity contribution in [3.8, 4) is 0 Å². The van der Waals surface area contributed by atoms with Crippen molar-refractivity contribution >= 4 is 41.5 Å². The Morgan fingerprint density at radius 3 is 2.48 bits per heavy atom. The standard InChI is InChI=1S/C20H34ClN5.HI/c1-4-22-20(23-11-10-18-8-6-7-9-19(18)21)24-16-17(3)26-14-12-25(5-2)13-15-26;/h6-9,17H,4-5,10-16H2,1-3H3,(H2,22,23,24);1H. The Morgan fingerprint density at radius 2 is 1.85 bits per heavy atom. The molecule has 2 rings (SSSR count). The number of piperazine rings is 1. The molecule has 0 saturated carbocycles. The van der Waals surface area contributed by atoms with E-state index in [9.17, 15) is 0 Å². The van der Waals surface area contributed by atoms with Crippen LogP contribution in [-0.2, 0) is 6.42 Å². The van der Waals surface area contributed by atoms with Gasteiger partial charge in [0.1, 0.15) is 0 Å². The molecular weight excluding hydrogens is 473 g/mol. The summed E-state index contributed by atoms with van der Waals surface area (Å²) < 4.78 is 0. The van der Waals surface area contributed by atoms with Gasteiger partial charge in [-0.1, -0.05) is 36.7 Å². The molecule has 27 heavy (non-hydrogen) atoms. The fraction of sp³-hybridized carbons (Fsp3) is 0.650. The third-order valence-corrected chi connectivity index (χ3v) is 5.35. The van der Waals surface area contributed by atoms with Crippen LogP contribution in [0.15, 0.2) is 29.3 Å². The Kier molecular flexibility index (Phi) is 12.3. The summed E-state index contributed by atoms with van der Waals surface area (Å²) in [6.45, 7) is 14.9. The summed E-state index contributed by atoms with van der Waals surface area (Å²) in [4.78, 5) is 9.84. The van der Waals surface area contributed by atoms with E-state index in [4.69, 9.17) is 16.6 Å². The minimum absolute atomic E-state index is 0. The molecule has 0 radical (unpaired) electrons. The molecule has 1 aliphatic rings. The second-order valence-electron chi connectivity index (χ2n) is 6.81. The van der Waals surface area contributed by atoms with E-state index in [1.165, 1.54) is 18.7 Å². The molecule has 1 aliphatic heterocycles. The molecule has 0 aromatic heterocycles. The summed E-state index contributed by atoms with van der Waals surface area (Å²) in [5.41, 5.74) is 1.17. The van der Waals surface area contributed by atoms with Crippen LogP contribution in [0.1, 0.15) is 26.3 Å². The van der Waals surface area contributed by atoms with E-state index < -0.39 is 0 Å². The summed E-state index contributed by atoms with van der Waals surface area (Å²) >= 11 is 6.23. The van der Waals surface area contributed by atoms with Crippen LogP contribution in [-0.4, -0.2) is 74.2 Å². The van der Waals surface area contributed by atoms with Crippen LogP contribution in [0.2, 0.25) is 5.02 Å². The van der Waals surface area contributed by atoms with Crippen LogP contribution >= 0.6 is 35.6 Å². The van der Waals surface area contributed by atoms with Gasteiger partial charge in [-0.05, 0) is 38.4 Å². The summed E-state index contributed by atoms with van der Waals surface area (Å²) in [6, 6.07) is 8.47. The predicted octanol–water partition coefficient (Wildman–Crippen LogP) is 3.08. The van der Waals surface area contributed by atoms with Crippen LogP contribution in [0.25, 0.3) is 0 Å². The number of halogens is 2. The SMILES string of the molecule is CCNC(=NCC(C)N1CCN(CC)CC1)NCCc1ccccc1Cl.I. The Labute approximate surface area is 186 Å². The Hall–Kier alpha value is -0.570. The molecule has 1 aromatic rings. The highest BCUT2D eigenvalue weighted by Gasteiger charge is 2.19. The minimum Gasteiger partial charge on any atom is -0.357 e. The first kappa shape index (κ1) is 24.5. The highest BCUT2D eigenvalue weighted by Crippen LogP contribution is 2.14. The topological polar surface area (TPSA) is 42.9 Å². The number of nitrogens with one attached hydrogen (secondary N) is 2. The smallest absolute Gasteiger partial charge is 0.191 e. The molecular formula is C20H35ClIN5. The van der Waals surface area contributed by atoms with E-state index >= 15 is 0 Å². The van der Waals surface area contributed by atoms with Crippen LogP contribution in [0.3, 0.4) is 0 Å². The third kappa shape index (κ3) is 8.54. The molecule has 0 aliphatic carbocycles. The van der Waals surface area contributed by atoms with Gasteiger partial charge in [0.25, 0.3) is 0 Å². The highest BCUT2D eigenvalue weighted by atomic mass is 127.